The van der Waals surface area contributed by atoms with Crippen molar-refractivity contribution in [2.75, 3.05) is 24.1 Å². The van der Waals surface area contributed by atoms with Crippen LogP contribution in [-0.4, -0.2) is 32.7 Å². The third kappa shape index (κ3) is 6.34. The maximum absolute atomic E-state index is 11.1. The van der Waals surface area contributed by atoms with E-state index in [2.05, 4.69) is 10.0 Å². The van der Waals surface area contributed by atoms with E-state index in [0.29, 0.717) is 24.6 Å². The molecule has 1 atom stereocenters. The molecule has 0 aliphatic rings. The molecule has 0 aromatic heterocycles. The van der Waals surface area contributed by atoms with E-state index in [9.17, 15) is 18.5 Å². The Morgan fingerprint density at radius 3 is 2.27 bits per heavy atom. The van der Waals surface area contributed by atoms with E-state index in [0.717, 1.165) is 11.8 Å². The molecule has 26 heavy (non-hydrogen) atoms. The Balaban J connectivity index is 1.76. The van der Waals surface area contributed by atoms with Gasteiger partial charge in [-0.2, -0.15) is 0 Å². The van der Waals surface area contributed by atoms with Crippen molar-refractivity contribution in [2.24, 2.45) is 0 Å². The molecule has 2 N–H and O–H groups in total. The number of ether oxygens (including phenoxy) is 1. The molecule has 2 rings (SSSR count). The standard InChI is InChI=1S/C17H21N3O5S/c1-13(14-3-7-16(8-4-14)20(21)22)18-11-12-25-17-9-5-15(6-10-17)19-26(2,23)24/h3-10,13,18-19H,11-12H2,1-2H3. The summed E-state index contributed by atoms with van der Waals surface area (Å²) in [4.78, 5) is 10.2. The summed E-state index contributed by atoms with van der Waals surface area (Å²) >= 11 is 0. The number of nitro groups is 1. The SMILES string of the molecule is CC(NCCOc1ccc(NS(C)(=O)=O)cc1)c1ccc([N+](=O)[O-])cc1. The number of hydrogen-bond donors (Lipinski definition) is 2. The second kappa shape index (κ2) is 8.63. The Labute approximate surface area is 152 Å². The maximum Gasteiger partial charge on any atom is 0.269 e. The number of hydrogen-bond acceptors (Lipinski definition) is 6. The van der Waals surface area contributed by atoms with E-state index < -0.39 is 14.9 Å². The first-order valence-electron chi connectivity index (χ1n) is 7.93. The van der Waals surface area contributed by atoms with E-state index in [1.165, 1.54) is 12.1 Å². The summed E-state index contributed by atoms with van der Waals surface area (Å²) in [6.07, 6.45) is 1.09. The average Bonchev–Trinajstić information content (AvgIpc) is 2.58. The minimum atomic E-state index is -3.29. The third-order valence-electron chi connectivity index (χ3n) is 3.58. The molecule has 0 amide bonds. The molecule has 140 valence electrons. The Morgan fingerprint density at radius 1 is 1.12 bits per heavy atom. The highest BCUT2D eigenvalue weighted by molar-refractivity contribution is 7.92. The summed E-state index contributed by atoms with van der Waals surface area (Å²) < 4.78 is 30.3. The number of benzene rings is 2. The van der Waals surface area contributed by atoms with Gasteiger partial charge in [0.1, 0.15) is 12.4 Å². The Kier molecular flexibility index (Phi) is 6.53. The summed E-state index contributed by atoms with van der Waals surface area (Å²) in [5.41, 5.74) is 1.50. The van der Waals surface area contributed by atoms with Gasteiger partial charge in [-0.1, -0.05) is 12.1 Å². The van der Waals surface area contributed by atoms with Crippen LogP contribution in [0.4, 0.5) is 11.4 Å². The lowest BCUT2D eigenvalue weighted by molar-refractivity contribution is -0.384. The maximum atomic E-state index is 11.1. The summed E-state index contributed by atoms with van der Waals surface area (Å²) in [7, 11) is -3.29. The molecule has 0 saturated heterocycles. The van der Waals surface area contributed by atoms with Crippen LogP contribution in [0.1, 0.15) is 18.5 Å². The van der Waals surface area contributed by atoms with Gasteiger partial charge in [-0.05, 0) is 36.8 Å². The number of non-ortho nitro benzene ring substituents is 1. The first-order chi connectivity index (χ1) is 12.2. The summed E-state index contributed by atoms with van der Waals surface area (Å²) in [6, 6.07) is 13.1. The van der Waals surface area contributed by atoms with Gasteiger partial charge in [-0.3, -0.25) is 14.8 Å². The second-order valence-corrected chi connectivity index (χ2v) is 7.52. The highest BCUT2D eigenvalue weighted by Crippen LogP contribution is 2.18. The van der Waals surface area contributed by atoms with Crippen molar-refractivity contribution in [3.8, 4) is 5.75 Å². The highest BCUT2D eigenvalue weighted by atomic mass is 32.2. The molecule has 1 unspecified atom stereocenters. The van der Waals surface area contributed by atoms with Crippen LogP contribution < -0.4 is 14.8 Å². The zero-order valence-electron chi connectivity index (χ0n) is 14.5. The Hall–Kier alpha value is -2.65. The lowest BCUT2D eigenvalue weighted by Gasteiger charge is -2.14. The minimum absolute atomic E-state index is 0.0285. The lowest BCUT2D eigenvalue weighted by atomic mass is 10.1. The van der Waals surface area contributed by atoms with Crippen LogP contribution in [0.25, 0.3) is 0 Å². The molecule has 9 heteroatoms. The summed E-state index contributed by atoms with van der Waals surface area (Å²) in [5.74, 6) is 0.633. The molecule has 0 spiro atoms. The molecule has 0 heterocycles. The molecule has 0 aliphatic heterocycles. The van der Waals surface area contributed by atoms with Crippen LogP contribution in [-0.2, 0) is 10.0 Å². The Morgan fingerprint density at radius 2 is 1.73 bits per heavy atom. The number of nitro benzene ring substituents is 1. The van der Waals surface area contributed by atoms with Crippen molar-refractivity contribution in [3.05, 3.63) is 64.2 Å². The van der Waals surface area contributed by atoms with Crippen molar-refractivity contribution < 1.29 is 18.1 Å². The van der Waals surface area contributed by atoms with Gasteiger partial charge in [0.05, 0.1) is 11.2 Å². The number of anilines is 1. The van der Waals surface area contributed by atoms with Crippen molar-refractivity contribution >= 4 is 21.4 Å². The number of nitrogens with zero attached hydrogens (tertiary/aromatic N) is 1. The van der Waals surface area contributed by atoms with Crippen LogP contribution >= 0.6 is 0 Å². The van der Waals surface area contributed by atoms with Crippen LogP contribution in [0.5, 0.6) is 5.75 Å². The summed E-state index contributed by atoms with van der Waals surface area (Å²) in [6.45, 7) is 2.98. The van der Waals surface area contributed by atoms with E-state index >= 15 is 0 Å². The minimum Gasteiger partial charge on any atom is -0.492 e. The van der Waals surface area contributed by atoms with Gasteiger partial charge in [-0.25, -0.2) is 8.42 Å². The fourth-order valence-electron chi connectivity index (χ4n) is 2.28. The molecule has 0 fully saturated rings. The van der Waals surface area contributed by atoms with E-state index in [1.54, 1.807) is 36.4 Å². The third-order valence-corrected chi connectivity index (χ3v) is 4.19. The van der Waals surface area contributed by atoms with Crippen molar-refractivity contribution in [3.63, 3.8) is 0 Å². The first kappa shape index (κ1) is 19.7. The second-order valence-electron chi connectivity index (χ2n) is 5.77. The fourth-order valence-corrected chi connectivity index (χ4v) is 2.84. The smallest absolute Gasteiger partial charge is 0.269 e. The van der Waals surface area contributed by atoms with Crippen molar-refractivity contribution in [1.82, 2.24) is 5.32 Å². The zero-order valence-corrected chi connectivity index (χ0v) is 15.3. The van der Waals surface area contributed by atoms with Crippen LogP contribution in [0.3, 0.4) is 0 Å². The predicted octanol–water partition coefficient (Wildman–Crippen LogP) is 2.70. The largest absolute Gasteiger partial charge is 0.492 e. The quantitative estimate of drug-likeness (QED) is 0.394. The van der Waals surface area contributed by atoms with Crippen LogP contribution in [0.15, 0.2) is 48.5 Å². The highest BCUT2D eigenvalue weighted by Gasteiger charge is 2.08. The fraction of sp³-hybridized carbons (Fsp3) is 0.294. The molecule has 0 bridgehead atoms. The molecule has 0 radical (unpaired) electrons. The first-order valence-corrected chi connectivity index (χ1v) is 9.82. The number of sulfonamides is 1. The Bertz CT molecular complexity index is 836. The van der Waals surface area contributed by atoms with Gasteiger partial charge in [0.25, 0.3) is 5.69 Å². The molecular formula is C17H21N3O5S. The molecule has 0 aliphatic carbocycles. The van der Waals surface area contributed by atoms with E-state index in [4.69, 9.17) is 4.74 Å². The van der Waals surface area contributed by atoms with Crippen LogP contribution in [0, 0.1) is 10.1 Å². The summed E-state index contributed by atoms with van der Waals surface area (Å²) in [5, 5.41) is 13.9. The molecule has 0 saturated carbocycles. The van der Waals surface area contributed by atoms with Gasteiger partial charge in [0.2, 0.25) is 10.0 Å². The topological polar surface area (TPSA) is 111 Å². The molecule has 2 aromatic carbocycles. The van der Waals surface area contributed by atoms with Crippen LogP contribution in [0.2, 0.25) is 0 Å². The van der Waals surface area contributed by atoms with Crippen molar-refractivity contribution in [1.29, 1.82) is 0 Å². The monoisotopic (exact) mass is 379 g/mol. The van der Waals surface area contributed by atoms with Gasteiger partial charge in [0.15, 0.2) is 0 Å². The van der Waals surface area contributed by atoms with E-state index in [1.807, 2.05) is 6.92 Å². The average molecular weight is 379 g/mol. The van der Waals surface area contributed by atoms with Gasteiger partial charge in [-0.15, -0.1) is 0 Å². The normalized spacial score (nSPS) is 12.4. The molecule has 2 aromatic rings. The van der Waals surface area contributed by atoms with E-state index in [-0.39, 0.29) is 11.7 Å². The van der Waals surface area contributed by atoms with Crippen molar-refractivity contribution in [2.45, 2.75) is 13.0 Å². The predicted molar refractivity (Wildman–Crippen MR) is 99.9 cm³/mol. The molecular weight excluding hydrogens is 358 g/mol. The lowest BCUT2D eigenvalue weighted by Crippen LogP contribution is -2.24. The number of rotatable bonds is 9. The number of nitrogens with one attached hydrogen (secondary N) is 2. The van der Waals surface area contributed by atoms with Gasteiger partial charge in [0, 0.05) is 30.4 Å². The van der Waals surface area contributed by atoms with Gasteiger partial charge >= 0.3 is 0 Å². The van der Waals surface area contributed by atoms with Gasteiger partial charge < -0.3 is 10.1 Å². The zero-order chi connectivity index (χ0) is 19.2. The molecule has 8 nitrogen and oxygen atoms in total.